The van der Waals surface area contributed by atoms with Crippen molar-refractivity contribution in [2.75, 3.05) is 0 Å². The first-order valence-corrected chi connectivity index (χ1v) is 3.73. The van der Waals surface area contributed by atoms with Crippen LogP contribution in [-0.4, -0.2) is 21.9 Å². The topological polar surface area (TPSA) is 50.5 Å². The molecule has 0 unspecified atom stereocenters. The normalized spacial score (nSPS) is 14.9. The molecular weight excluding hydrogens is 152 g/mol. The van der Waals surface area contributed by atoms with Crippen LogP contribution in [0.4, 0.5) is 11.5 Å². The Kier molecular flexibility index (Phi) is 1.66. The molecule has 0 aromatic carbocycles. The maximum Gasteiger partial charge on any atom is 0.181 e. The number of nitrogens with zero attached hydrogens (tertiary/aromatic N) is 4. The second-order valence-electron chi connectivity index (χ2n) is 2.59. The van der Waals surface area contributed by atoms with Gasteiger partial charge in [0.05, 0.1) is 6.20 Å². The first-order chi connectivity index (χ1) is 5.86. The van der Waals surface area contributed by atoms with Crippen molar-refractivity contribution in [3.8, 4) is 0 Å². The number of aromatic nitrogens is 2. The van der Waals surface area contributed by atoms with Crippen molar-refractivity contribution >= 4 is 23.4 Å². The van der Waals surface area contributed by atoms with E-state index in [-0.39, 0.29) is 0 Å². The zero-order valence-corrected chi connectivity index (χ0v) is 6.73. The number of hydrogen-bond donors (Lipinski definition) is 0. The highest BCUT2D eigenvalue weighted by atomic mass is 15.0. The fourth-order valence-corrected chi connectivity index (χ4v) is 0.996. The summed E-state index contributed by atoms with van der Waals surface area (Å²) in [5.74, 6) is 0.663. The highest BCUT2D eigenvalue weighted by Gasteiger charge is 2.03. The summed E-state index contributed by atoms with van der Waals surface area (Å²) in [6.07, 6.45) is 5.77. The Morgan fingerprint density at radius 3 is 3.25 bits per heavy atom. The third-order valence-corrected chi connectivity index (χ3v) is 1.59. The fourth-order valence-electron chi connectivity index (χ4n) is 0.996. The molecule has 1 aliphatic heterocycles. The Hall–Kier alpha value is -1.58. The van der Waals surface area contributed by atoms with Gasteiger partial charge in [0.25, 0.3) is 0 Å². The largest absolute Gasteiger partial charge is 0.255 e. The van der Waals surface area contributed by atoms with Gasteiger partial charge < -0.3 is 0 Å². The lowest BCUT2D eigenvalue weighted by Gasteiger charge is -1.94. The Balaban J connectivity index is 2.58. The van der Waals surface area contributed by atoms with Crippen LogP contribution in [0.3, 0.4) is 0 Å². The van der Waals surface area contributed by atoms with Gasteiger partial charge in [-0.15, -0.1) is 0 Å². The van der Waals surface area contributed by atoms with Crippen LogP contribution in [-0.2, 0) is 0 Å². The van der Waals surface area contributed by atoms with Crippen molar-refractivity contribution in [3.05, 3.63) is 12.5 Å². The van der Waals surface area contributed by atoms with Gasteiger partial charge in [0, 0.05) is 18.3 Å². The van der Waals surface area contributed by atoms with E-state index in [9.17, 15) is 0 Å². The Morgan fingerprint density at radius 1 is 1.42 bits per heavy atom. The first kappa shape index (κ1) is 7.09. The molecule has 0 saturated heterocycles. The van der Waals surface area contributed by atoms with Crippen LogP contribution >= 0.6 is 0 Å². The molecule has 60 valence electrons. The minimum absolute atomic E-state index is 0.663. The minimum atomic E-state index is 0.663. The number of hydrogen-bond acceptors (Lipinski definition) is 4. The van der Waals surface area contributed by atoms with E-state index < -0.39 is 0 Å². The van der Waals surface area contributed by atoms with E-state index in [0.717, 1.165) is 17.8 Å². The average molecular weight is 160 g/mol. The average Bonchev–Trinajstić information content (AvgIpc) is 2.25. The molecule has 2 heterocycles. The first-order valence-electron chi connectivity index (χ1n) is 3.73. The van der Waals surface area contributed by atoms with Crippen molar-refractivity contribution < 1.29 is 0 Å². The molecule has 0 saturated carbocycles. The van der Waals surface area contributed by atoms with Gasteiger partial charge in [0.1, 0.15) is 12.0 Å². The van der Waals surface area contributed by atoms with E-state index in [4.69, 9.17) is 0 Å². The monoisotopic (exact) mass is 160 g/mol. The van der Waals surface area contributed by atoms with Crippen molar-refractivity contribution in [1.82, 2.24) is 9.97 Å². The predicted molar refractivity (Wildman–Crippen MR) is 47.6 cm³/mol. The Morgan fingerprint density at radius 2 is 2.33 bits per heavy atom. The summed E-state index contributed by atoms with van der Waals surface area (Å²) in [4.78, 5) is 16.3. The fraction of sp³-hybridized carbons (Fsp3) is 0.250. The van der Waals surface area contributed by atoms with Crippen LogP contribution in [0, 0.1) is 0 Å². The predicted octanol–water partition coefficient (Wildman–Crippen LogP) is 1.67. The molecule has 4 heteroatoms. The van der Waals surface area contributed by atoms with E-state index in [0.29, 0.717) is 5.82 Å². The lowest BCUT2D eigenvalue weighted by molar-refractivity contribution is 1.14. The van der Waals surface area contributed by atoms with Crippen LogP contribution in [0.2, 0.25) is 0 Å². The van der Waals surface area contributed by atoms with Gasteiger partial charge in [-0.3, -0.25) is 4.99 Å². The van der Waals surface area contributed by atoms with Crippen molar-refractivity contribution in [3.63, 3.8) is 0 Å². The van der Waals surface area contributed by atoms with E-state index in [2.05, 4.69) is 20.0 Å². The maximum atomic E-state index is 4.28. The second-order valence-corrected chi connectivity index (χ2v) is 2.59. The Labute approximate surface area is 70.1 Å². The highest BCUT2D eigenvalue weighted by molar-refractivity contribution is 5.97. The van der Waals surface area contributed by atoms with Gasteiger partial charge in [-0.25, -0.2) is 15.0 Å². The molecule has 0 radical (unpaired) electrons. The number of fused-ring (bicyclic) bond motifs is 1. The van der Waals surface area contributed by atoms with Crippen molar-refractivity contribution in [2.45, 2.75) is 13.3 Å². The van der Waals surface area contributed by atoms with Crippen molar-refractivity contribution in [1.29, 1.82) is 0 Å². The summed E-state index contributed by atoms with van der Waals surface area (Å²) in [5.41, 5.74) is 1.77. The van der Waals surface area contributed by atoms with Crippen LogP contribution in [0.15, 0.2) is 22.5 Å². The molecule has 0 spiro atoms. The van der Waals surface area contributed by atoms with Gasteiger partial charge >= 0.3 is 0 Å². The van der Waals surface area contributed by atoms with Crippen LogP contribution in [0.1, 0.15) is 13.3 Å². The molecule has 1 aromatic rings. The van der Waals surface area contributed by atoms with Crippen LogP contribution in [0.25, 0.3) is 0 Å². The van der Waals surface area contributed by atoms with Crippen LogP contribution < -0.4 is 0 Å². The Bertz CT molecular complexity index is 354. The second kappa shape index (κ2) is 2.81. The van der Waals surface area contributed by atoms with E-state index >= 15 is 0 Å². The highest BCUT2D eigenvalue weighted by Crippen LogP contribution is 2.24. The molecule has 0 bridgehead atoms. The zero-order chi connectivity index (χ0) is 8.39. The quantitative estimate of drug-likeness (QED) is 0.579. The lowest BCUT2D eigenvalue weighted by atomic mass is 10.3. The van der Waals surface area contributed by atoms with E-state index in [1.165, 1.54) is 6.33 Å². The smallest absolute Gasteiger partial charge is 0.181 e. The zero-order valence-electron chi connectivity index (χ0n) is 6.73. The van der Waals surface area contributed by atoms with Gasteiger partial charge in [-0.05, 0) is 6.92 Å². The summed E-state index contributed by atoms with van der Waals surface area (Å²) < 4.78 is 0. The molecule has 0 fully saturated rings. The van der Waals surface area contributed by atoms with Crippen LogP contribution in [0.5, 0.6) is 0 Å². The number of rotatable bonds is 0. The molecule has 0 aliphatic carbocycles. The van der Waals surface area contributed by atoms with Crippen molar-refractivity contribution in [2.24, 2.45) is 9.98 Å². The maximum absolute atomic E-state index is 4.28. The van der Waals surface area contributed by atoms with E-state index in [1.807, 2.05) is 13.1 Å². The standard InChI is InChI=1S/C8H8N4/c1-6-2-3-10-7-4-9-5-11-8(7)12-6/h3-5H,2H2,1H3. The SMILES string of the molecule is CC1=Nc2ncncc2N=CC1. The molecule has 0 atom stereocenters. The van der Waals surface area contributed by atoms with Gasteiger partial charge in [0.2, 0.25) is 0 Å². The summed E-state index contributed by atoms with van der Waals surface area (Å²) in [6, 6.07) is 0. The lowest BCUT2D eigenvalue weighted by Crippen LogP contribution is -1.88. The van der Waals surface area contributed by atoms with Gasteiger partial charge in [0.15, 0.2) is 5.82 Å². The third kappa shape index (κ3) is 1.23. The molecule has 1 aromatic heterocycles. The molecule has 4 nitrogen and oxygen atoms in total. The summed E-state index contributed by atoms with van der Waals surface area (Å²) in [6.45, 7) is 1.96. The van der Waals surface area contributed by atoms with Gasteiger partial charge in [-0.2, -0.15) is 0 Å². The number of aliphatic imine (C=N–C) groups is 2. The molecule has 12 heavy (non-hydrogen) atoms. The summed E-state index contributed by atoms with van der Waals surface area (Å²) in [7, 11) is 0. The summed E-state index contributed by atoms with van der Waals surface area (Å²) in [5, 5.41) is 0. The minimum Gasteiger partial charge on any atom is -0.255 e. The van der Waals surface area contributed by atoms with Gasteiger partial charge in [-0.1, -0.05) is 0 Å². The summed E-state index contributed by atoms with van der Waals surface area (Å²) >= 11 is 0. The third-order valence-electron chi connectivity index (χ3n) is 1.59. The molecule has 0 amide bonds. The molecule has 1 aliphatic rings. The van der Waals surface area contributed by atoms with E-state index in [1.54, 1.807) is 6.20 Å². The molecule has 2 rings (SSSR count). The molecular formula is C8H8N4. The molecule has 0 N–H and O–H groups in total.